The van der Waals surface area contributed by atoms with E-state index in [0.717, 1.165) is 12.4 Å². The minimum atomic E-state index is -4.58. The van der Waals surface area contributed by atoms with Gasteiger partial charge in [0.1, 0.15) is 35.1 Å². The number of H-pyrrole nitrogens is 1. The Labute approximate surface area is 190 Å². The fourth-order valence-electron chi connectivity index (χ4n) is 5.17. The predicted octanol–water partition coefficient (Wildman–Crippen LogP) is 3.54. The Hall–Kier alpha value is -2.96. The Morgan fingerprint density at radius 1 is 1.15 bits per heavy atom. The first-order chi connectivity index (χ1) is 16.2. The number of benzene rings is 1. The van der Waals surface area contributed by atoms with E-state index >= 15 is 0 Å². The van der Waals surface area contributed by atoms with Crippen molar-refractivity contribution in [2.24, 2.45) is 5.92 Å². The SMILES string of the molecule is OC1(C2COc3cc(F)ccc3C2Nc2ncnc3[nH]c(C(F)(F)F)cc23)CC2COC(C1)O2. The van der Waals surface area contributed by atoms with Crippen molar-refractivity contribution in [3.63, 3.8) is 0 Å². The van der Waals surface area contributed by atoms with Gasteiger partial charge >= 0.3 is 6.18 Å². The summed E-state index contributed by atoms with van der Waals surface area (Å²) in [5.41, 5.74) is -1.63. The quantitative estimate of drug-likeness (QED) is 0.493. The maximum Gasteiger partial charge on any atom is 0.431 e. The molecule has 6 rings (SSSR count). The number of hydrogen-bond acceptors (Lipinski definition) is 7. The molecule has 2 aromatic heterocycles. The first kappa shape index (κ1) is 21.6. The maximum absolute atomic E-state index is 13.9. The normalized spacial score (nSPS) is 30.7. The molecule has 0 radical (unpaired) electrons. The Morgan fingerprint density at radius 2 is 2.00 bits per heavy atom. The summed E-state index contributed by atoms with van der Waals surface area (Å²) in [6, 6.07) is 4.35. The third kappa shape index (κ3) is 3.56. The van der Waals surface area contributed by atoms with E-state index in [2.05, 4.69) is 20.3 Å². The van der Waals surface area contributed by atoms with Gasteiger partial charge in [-0.2, -0.15) is 13.2 Å². The van der Waals surface area contributed by atoms with Crippen LogP contribution in [0.15, 0.2) is 30.6 Å². The predicted molar refractivity (Wildman–Crippen MR) is 109 cm³/mol. The van der Waals surface area contributed by atoms with Gasteiger partial charge in [-0.25, -0.2) is 14.4 Å². The van der Waals surface area contributed by atoms with E-state index in [4.69, 9.17) is 14.2 Å². The number of alkyl halides is 3. The average molecular weight is 480 g/mol. The zero-order valence-corrected chi connectivity index (χ0v) is 17.6. The van der Waals surface area contributed by atoms with E-state index in [1.165, 1.54) is 12.1 Å². The molecule has 0 amide bonds. The van der Waals surface area contributed by atoms with Crippen LogP contribution < -0.4 is 10.1 Å². The highest BCUT2D eigenvalue weighted by molar-refractivity contribution is 5.88. The fourth-order valence-corrected chi connectivity index (χ4v) is 5.17. The van der Waals surface area contributed by atoms with Crippen LogP contribution in [0.1, 0.15) is 30.1 Å². The van der Waals surface area contributed by atoms with Gasteiger partial charge < -0.3 is 29.6 Å². The molecule has 2 saturated heterocycles. The Balaban J connectivity index is 1.42. The third-order valence-electron chi connectivity index (χ3n) is 6.76. The molecule has 0 aliphatic carbocycles. The molecule has 0 saturated carbocycles. The van der Waals surface area contributed by atoms with Gasteiger partial charge in [-0.3, -0.25) is 0 Å². The highest BCUT2D eigenvalue weighted by Gasteiger charge is 2.53. The summed E-state index contributed by atoms with van der Waals surface area (Å²) in [5.74, 6) is -0.595. The summed E-state index contributed by atoms with van der Waals surface area (Å²) in [7, 11) is 0. The molecule has 8 nitrogen and oxygen atoms in total. The number of aromatic nitrogens is 3. The standard InChI is InChI=1S/C22H20F4N4O4/c23-10-1-2-12-15(3-10)32-8-14(21(31)5-11-7-33-17(6-21)34-11)18(12)30-20-13-4-16(22(24,25)26)29-19(13)27-9-28-20/h1-4,9,11,14,17-18,31H,5-8H2,(H2,27,28,29,30). The average Bonchev–Trinajstić information content (AvgIpc) is 3.37. The van der Waals surface area contributed by atoms with Gasteiger partial charge in [0.2, 0.25) is 0 Å². The van der Waals surface area contributed by atoms with Gasteiger partial charge in [0, 0.05) is 30.4 Å². The molecule has 1 aromatic carbocycles. The number of aromatic amines is 1. The summed E-state index contributed by atoms with van der Waals surface area (Å²) in [6.07, 6.45) is -3.76. The summed E-state index contributed by atoms with van der Waals surface area (Å²) < 4.78 is 70.8. The van der Waals surface area contributed by atoms with Crippen molar-refractivity contribution >= 4 is 16.9 Å². The van der Waals surface area contributed by atoms with Crippen LogP contribution in [0.25, 0.3) is 11.0 Å². The van der Waals surface area contributed by atoms with Crippen molar-refractivity contribution in [3.05, 3.63) is 47.7 Å². The lowest BCUT2D eigenvalue weighted by atomic mass is 9.73. The van der Waals surface area contributed by atoms with Gasteiger partial charge in [0.15, 0.2) is 6.29 Å². The molecule has 3 aliphatic heterocycles. The fraction of sp³-hybridized carbons (Fsp3) is 0.455. The number of ether oxygens (including phenoxy) is 3. The van der Waals surface area contributed by atoms with E-state index in [1.54, 1.807) is 6.07 Å². The molecule has 5 unspecified atom stereocenters. The van der Waals surface area contributed by atoms with Crippen LogP contribution in [-0.2, 0) is 15.7 Å². The van der Waals surface area contributed by atoms with Crippen LogP contribution in [0, 0.1) is 11.7 Å². The van der Waals surface area contributed by atoms with Crippen LogP contribution >= 0.6 is 0 Å². The molecule has 5 atom stereocenters. The van der Waals surface area contributed by atoms with Gasteiger partial charge in [-0.05, 0) is 12.1 Å². The molecule has 5 heterocycles. The van der Waals surface area contributed by atoms with Crippen LogP contribution in [0.5, 0.6) is 5.75 Å². The van der Waals surface area contributed by atoms with E-state index < -0.39 is 41.5 Å². The van der Waals surface area contributed by atoms with E-state index in [9.17, 15) is 22.7 Å². The molecular weight excluding hydrogens is 460 g/mol. The van der Waals surface area contributed by atoms with Gasteiger partial charge in [0.25, 0.3) is 0 Å². The minimum Gasteiger partial charge on any atom is -0.493 e. The number of nitrogens with one attached hydrogen (secondary N) is 2. The molecular formula is C22H20F4N4O4. The number of aliphatic hydroxyl groups is 1. The minimum absolute atomic E-state index is 0.0176. The van der Waals surface area contributed by atoms with Gasteiger partial charge in [-0.15, -0.1) is 0 Å². The van der Waals surface area contributed by atoms with E-state index in [-0.39, 0.29) is 36.0 Å². The Bertz CT molecular complexity index is 1240. The number of hydrogen-bond donors (Lipinski definition) is 3. The summed E-state index contributed by atoms with van der Waals surface area (Å²) in [6.45, 7) is 0.426. The summed E-state index contributed by atoms with van der Waals surface area (Å²) >= 11 is 0. The number of rotatable bonds is 3. The lowest BCUT2D eigenvalue weighted by Gasteiger charge is -2.46. The molecule has 3 aliphatic rings. The van der Waals surface area contributed by atoms with Gasteiger partial charge in [0.05, 0.1) is 36.3 Å². The van der Waals surface area contributed by atoms with Crippen LogP contribution in [-0.4, -0.2) is 51.3 Å². The lowest BCUT2D eigenvalue weighted by Crippen LogP contribution is -2.53. The van der Waals surface area contributed by atoms with Crippen molar-refractivity contribution in [2.45, 2.75) is 43.1 Å². The lowest BCUT2D eigenvalue weighted by molar-refractivity contribution is -0.182. The van der Waals surface area contributed by atoms with Crippen LogP contribution in [0.4, 0.5) is 23.4 Å². The highest BCUT2D eigenvalue weighted by Crippen LogP contribution is 2.48. The topological polar surface area (TPSA) is 102 Å². The molecule has 12 heteroatoms. The maximum atomic E-state index is 13.9. The van der Waals surface area contributed by atoms with Crippen LogP contribution in [0.2, 0.25) is 0 Å². The van der Waals surface area contributed by atoms with E-state index in [1.807, 2.05) is 0 Å². The Morgan fingerprint density at radius 3 is 2.79 bits per heavy atom. The second-order valence-electron chi connectivity index (χ2n) is 8.92. The molecule has 3 N–H and O–H groups in total. The first-order valence-corrected chi connectivity index (χ1v) is 10.8. The number of nitrogens with zero attached hydrogens (tertiary/aromatic N) is 2. The number of halogens is 4. The van der Waals surface area contributed by atoms with Gasteiger partial charge in [-0.1, -0.05) is 6.07 Å². The molecule has 3 aromatic rings. The van der Waals surface area contributed by atoms with E-state index in [0.29, 0.717) is 24.3 Å². The van der Waals surface area contributed by atoms with Crippen molar-refractivity contribution < 1.29 is 36.9 Å². The van der Waals surface area contributed by atoms with Crippen molar-refractivity contribution in [1.82, 2.24) is 15.0 Å². The molecule has 34 heavy (non-hydrogen) atoms. The number of anilines is 1. The molecule has 180 valence electrons. The largest absolute Gasteiger partial charge is 0.493 e. The molecule has 0 spiro atoms. The third-order valence-corrected chi connectivity index (χ3v) is 6.76. The van der Waals surface area contributed by atoms with Crippen molar-refractivity contribution in [1.29, 1.82) is 0 Å². The monoisotopic (exact) mass is 480 g/mol. The summed E-state index contributed by atoms with van der Waals surface area (Å²) in [5, 5.41) is 15.0. The van der Waals surface area contributed by atoms with Crippen molar-refractivity contribution in [2.75, 3.05) is 18.5 Å². The summed E-state index contributed by atoms with van der Waals surface area (Å²) in [4.78, 5) is 10.4. The second-order valence-corrected chi connectivity index (χ2v) is 8.92. The number of fused-ring (bicyclic) bond motifs is 4. The van der Waals surface area contributed by atoms with Crippen LogP contribution in [0.3, 0.4) is 0 Å². The Kier molecular flexibility index (Phi) is 4.77. The highest BCUT2D eigenvalue weighted by atomic mass is 19.4. The second kappa shape index (κ2) is 7.52. The molecule has 2 bridgehead atoms. The zero-order chi connectivity index (χ0) is 23.7. The first-order valence-electron chi connectivity index (χ1n) is 10.8. The zero-order valence-electron chi connectivity index (χ0n) is 17.6. The smallest absolute Gasteiger partial charge is 0.431 e. The van der Waals surface area contributed by atoms with Crippen molar-refractivity contribution in [3.8, 4) is 5.75 Å². The molecule has 2 fully saturated rings.